The van der Waals surface area contributed by atoms with Gasteiger partial charge in [-0.1, -0.05) is 23.2 Å². The van der Waals surface area contributed by atoms with Crippen LogP contribution in [0.5, 0.6) is 0 Å². The summed E-state index contributed by atoms with van der Waals surface area (Å²) in [6.07, 6.45) is 1.23. The normalized spacial score (nSPS) is 11.0. The van der Waals surface area contributed by atoms with Crippen LogP contribution in [0.4, 0.5) is 5.69 Å². The number of H-pyrrole nitrogens is 1. The minimum Gasteiger partial charge on any atom is -0.478 e. The summed E-state index contributed by atoms with van der Waals surface area (Å²) in [5.41, 5.74) is 0.0186. The van der Waals surface area contributed by atoms with Crippen LogP contribution in [0.25, 0.3) is 5.57 Å². The van der Waals surface area contributed by atoms with E-state index in [0.29, 0.717) is 0 Å². The molecule has 0 fully saturated rings. The largest absolute Gasteiger partial charge is 0.478 e. The Hall–Kier alpha value is -2.63. The molecule has 0 aliphatic rings. The predicted octanol–water partition coefficient (Wildman–Crippen LogP) is 2.18. The SMILES string of the molecule is N#CC(=CNc1c(Cl)cc(Cl)cc1C(=O)O)c1nn[nH]n1. The number of benzene rings is 1. The number of aromatic amines is 1. The fourth-order valence-corrected chi connectivity index (χ4v) is 2.00. The Morgan fingerprint density at radius 3 is 2.81 bits per heavy atom. The third-order valence-electron chi connectivity index (χ3n) is 2.35. The van der Waals surface area contributed by atoms with Gasteiger partial charge in [0.05, 0.1) is 16.3 Å². The number of aromatic carboxylic acids is 1. The Balaban J connectivity index is 2.40. The number of halogens is 2. The highest BCUT2D eigenvalue weighted by Gasteiger charge is 2.15. The molecule has 3 N–H and O–H groups in total. The maximum Gasteiger partial charge on any atom is 0.337 e. The molecule has 0 bridgehead atoms. The Morgan fingerprint density at radius 2 is 2.24 bits per heavy atom. The van der Waals surface area contributed by atoms with E-state index in [1.54, 1.807) is 0 Å². The summed E-state index contributed by atoms with van der Waals surface area (Å²) in [7, 11) is 0. The van der Waals surface area contributed by atoms with Crippen LogP contribution in [0.3, 0.4) is 0 Å². The van der Waals surface area contributed by atoms with Gasteiger partial charge in [0, 0.05) is 11.2 Å². The number of carboxylic acids is 1. The lowest BCUT2D eigenvalue weighted by Gasteiger charge is -2.09. The molecule has 21 heavy (non-hydrogen) atoms. The van der Waals surface area contributed by atoms with E-state index < -0.39 is 5.97 Å². The van der Waals surface area contributed by atoms with Crippen molar-refractivity contribution in [3.63, 3.8) is 0 Å². The van der Waals surface area contributed by atoms with Crippen LogP contribution < -0.4 is 5.32 Å². The van der Waals surface area contributed by atoms with Crippen LogP contribution in [-0.2, 0) is 0 Å². The van der Waals surface area contributed by atoms with E-state index in [0.717, 1.165) is 0 Å². The molecule has 10 heteroatoms. The molecule has 0 aliphatic carbocycles. The molecular formula is C11H6Cl2N6O2. The van der Waals surface area contributed by atoms with Crippen LogP contribution in [0, 0.1) is 11.3 Å². The second kappa shape index (κ2) is 6.21. The number of nitrogens with one attached hydrogen (secondary N) is 2. The first kappa shape index (κ1) is 14.8. The molecule has 8 nitrogen and oxygen atoms in total. The Bertz CT molecular complexity index is 751. The van der Waals surface area contributed by atoms with Crippen LogP contribution in [0.15, 0.2) is 18.3 Å². The van der Waals surface area contributed by atoms with E-state index >= 15 is 0 Å². The summed E-state index contributed by atoms with van der Waals surface area (Å²) in [4.78, 5) is 11.2. The topological polar surface area (TPSA) is 128 Å². The molecule has 0 amide bonds. The molecule has 0 saturated carbocycles. The lowest BCUT2D eigenvalue weighted by molar-refractivity contribution is 0.0698. The van der Waals surface area contributed by atoms with Gasteiger partial charge in [-0.05, 0) is 17.3 Å². The molecule has 0 saturated heterocycles. The van der Waals surface area contributed by atoms with E-state index in [-0.39, 0.29) is 32.7 Å². The number of aromatic nitrogens is 4. The third kappa shape index (κ3) is 3.28. The number of hydrogen-bond donors (Lipinski definition) is 3. The molecule has 1 aromatic heterocycles. The molecule has 106 valence electrons. The van der Waals surface area contributed by atoms with Crippen molar-refractivity contribution in [2.24, 2.45) is 0 Å². The van der Waals surface area contributed by atoms with Gasteiger partial charge in [-0.25, -0.2) is 4.79 Å². The number of nitriles is 1. The first-order valence-corrected chi connectivity index (χ1v) is 6.11. The van der Waals surface area contributed by atoms with Crippen LogP contribution in [0.1, 0.15) is 16.2 Å². The highest BCUT2D eigenvalue weighted by molar-refractivity contribution is 6.37. The summed E-state index contributed by atoms with van der Waals surface area (Å²) >= 11 is 11.7. The van der Waals surface area contributed by atoms with E-state index in [9.17, 15) is 4.79 Å². The number of rotatable bonds is 4. The first-order chi connectivity index (χ1) is 10.0. The van der Waals surface area contributed by atoms with Crippen molar-refractivity contribution in [2.45, 2.75) is 0 Å². The lowest BCUT2D eigenvalue weighted by atomic mass is 10.1. The van der Waals surface area contributed by atoms with Crippen molar-refractivity contribution in [1.82, 2.24) is 20.6 Å². The maximum absolute atomic E-state index is 11.2. The number of allylic oxidation sites excluding steroid dienone is 1. The summed E-state index contributed by atoms with van der Waals surface area (Å²) in [6.45, 7) is 0. The van der Waals surface area contributed by atoms with Crippen molar-refractivity contribution in [3.8, 4) is 6.07 Å². The van der Waals surface area contributed by atoms with Gasteiger partial charge < -0.3 is 10.4 Å². The van der Waals surface area contributed by atoms with Crippen molar-refractivity contribution < 1.29 is 9.90 Å². The minimum atomic E-state index is -1.21. The van der Waals surface area contributed by atoms with Gasteiger partial charge in [-0.2, -0.15) is 10.5 Å². The second-order valence-electron chi connectivity index (χ2n) is 3.66. The summed E-state index contributed by atoms with van der Waals surface area (Å²) in [5.74, 6) is -1.15. The molecule has 0 aliphatic heterocycles. The number of carboxylic acid groups (broad SMARTS) is 1. The van der Waals surface area contributed by atoms with E-state index in [2.05, 4.69) is 25.9 Å². The molecule has 0 unspecified atom stereocenters. The molecule has 1 heterocycles. The quantitative estimate of drug-likeness (QED) is 0.735. The Labute approximate surface area is 128 Å². The number of tetrazole rings is 1. The average Bonchev–Trinajstić information content (AvgIpc) is 2.94. The van der Waals surface area contributed by atoms with Crippen molar-refractivity contribution >= 4 is 40.4 Å². The molecule has 0 radical (unpaired) electrons. The predicted molar refractivity (Wildman–Crippen MR) is 74.8 cm³/mol. The fraction of sp³-hybridized carbons (Fsp3) is 0. The Morgan fingerprint density at radius 1 is 1.48 bits per heavy atom. The molecule has 0 spiro atoms. The van der Waals surface area contributed by atoms with Crippen molar-refractivity contribution in [3.05, 3.63) is 39.8 Å². The Kier molecular flexibility index (Phi) is 4.37. The fourth-order valence-electron chi connectivity index (χ4n) is 1.46. The third-order valence-corrected chi connectivity index (χ3v) is 2.87. The number of hydrogen-bond acceptors (Lipinski definition) is 6. The standard InChI is InChI=1S/C11H6Cl2N6O2/c12-6-1-7(11(20)21)9(8(13)2-6)15-4-5(3-14)10-16-18-19-17-10/h1-2,4,15H,(H,20,21)(H,16,17,18,19). The van der Waals surface area contributed by atoms with Gasteiger partial charge in [0.25, 0.3) is 0 Å². The van der Waals surface area contributed by atoms with Crippen molar-refractivity contribution in [1.29, 1.82) is 5.26 Å². The van der Waals surface area contributed by atoms with E-state index in [4.69, 9.17) is 33.6 Å². The lowest BCUT2D eigenvalue weighted by Crippen LogP contribution is -2.03. The van der Waals surface area contributed by atoms with E-state index in [1.807, 2.05) is 6.07 Å². The molecule has 2 aromatic rings. The van der Waals surface area contributed by atoms with Crippen LogP contribution in [0.2, 0.25) is 10.0 Å². The number of anilines is 1. The monoisotopic (exact) mass is 324 g/mol. The molecular weight excluding hydrogens is 319 g/mol. The van der Waals surface area contributed by atoms with Crippen molar-refractivity contribution in [2.75, 3.05) is 5.32 Å². The molecule has 0 atom stereocenters. The highest BCUT2D eigenvalue weighted by Crippen LogP contribution is 2.30. The smallest absolute Gasteiger partial charge is 0.337 e. The maximum atomic E-state index is 11.2. The second-order valence-corrected chi connectivity index (χ2v) is 4.51. The summed E-state index contributed by atoms with van der Waals surface area (Å²) in [6, 6.07) is 4.47. The summed E-state index contributed by atoms with van der Waals surface area (Å²) < 4.78 is 0. The average molecular weight is 325 g/mol. The zero-order chi connectivity index (χ0) is 15.4. The zero-order valence-electron chi connectivity index (χ0n) is 10.1. The van der Waals surface area contributed by atoms with Gasteiger partial charge in [0.15, 0.2) is 0 Å². The van der Waals surface area contributed by atoms with Gasteiger partial charge in [-0.15, -0.1) is 10.2 Å². The molecule has 1 aromatic carbocycles. The minimum absolute atomic E-state index is 0.0473. The van der Waals surface area contributed by atoms with Gasteiger partial charge in [-0.3, -0.25) is 0 Å². The van der Waals surface area contributed by atoms with E-state index in [1.165, 1.54) is 18.3 Å². The van der Waals surface area contributed by atoms with Crippen LogP contribution in [-0.4, -0.2) is 31.7 Å². The van der Waals surface area contributed by atoms with Gasteiger partial charge in [0.1, 0.15) is 11.6 Å². The number of nitrogens with zero attached hydrogens (tertiary/aromatic N) is 4. The van der Waals surface area contributed by atoms with Crippen LogP contribution >= 0.6 is 23.2 Å². The van der Waals surface area contributed by atoms with Gasteiger partial charge >= 0.3 is 5.97 Å². The first-order valence-electron chi connectivity index (χ1n) is 5.36. The summed E-state index contributed by atoms with van der Waals surface area (Å²) in [5, 5.41) is 33.9. The zero-order valence-corrected chi connectivity index (χ0v) is 11.6. The molecule has 2 rings (SSSR count). The van der Waals surface area contributed by atoms with Gasteiger partial charge in [0.2, 0.25) is 5.82 Å². The number of carbonyl (C=O) groups is 1. The highest BCUT2D eigenvalue weighted by atomic mass is 35.5.